The van der Waals surface area contributed by atoms with E-state index in [0.29, 0.717) is 13.0 Å². The lowest BCUT2D eigenvalue weighted by Crippen LogP contribution is -2.52. The third-order valence-corrected chi connectivity index (χ3v) is 6.68. The Morgan fingerprint density at radius 3 is 2.73 bits per heavy atom. The molecule has 0 unspecified atom stereocenters. The van der Waals surface area contributed by atoms with Crippen LogP contribution >= 0.6 is 0 Å². The topological polar surface area (TPSA) is 67.2 Å². The number of rotatable bonds is 4. The summed E-state index contributed by atoms with van der Waals surface area (Å²) in [6.45, 7) is 0.599. The molecule has 0 radical (unpaired) electrons. The average Bonchev–Trinajstić information content (AvgIpc) is 3.29. The smallest absolute Gasteiger partial charge is 0.254 e. The molecule has 5 rings (SSSR count). The van der Waals surface area contributed by atoms with Gasteiger partial charge >= 0.3 is 0 Å². The molecule has 3 aromatic rings. The number of aryl methyl sites for hydroxylation is 1. The standard InChI is InChI=1S/C24H26N4O2/c1-27-16-25-20-13-18(9-10-21(20)27)26-22(29)14-24(11-5-2-6-12-24)28-15-17-7-3-4-8-19(17)23(28)30/h3-4,7-10,13,16H,2,5-6,11-12,14-15H2,1H3,(H,26,29). The molecule has 0 bridgehead atoms. The number of hydrogen-bond acceptors (Lipinski definition) is 3. The zero-order valence-corrected chi connectivity index (χ0v) is 17.2. The lowest BCUT2D eigenvalue weighted by Gasteiger charge is -2.44. The van der Waals surface area contributed by atoms with Gasteiger partial charge in [0.1, 0.15) is 0 Å². The van der Waals surface area contributed by atoms with Gasteiger partial charge in [-0.2, -0.15) is 0 Å². The van der Waals surface area contributed by atoms with Crippen molar-refractivity contribution in [2.45, 2.75) is 50.6 Å². The van der Waals surface area contributed by atoms with E-state index in [9.17, 15) is 9.59 Å². The van der Waals surface area contributed by atoms with E-state index in [1.807, 2.05) is 59.0 Å². The van der Waals surface area contributed by atoms with Crippen LogP contribution < -0.4 is 5.32 Å². The van der Waals surface area contributed by atoms with E-state index in [-0.39, 0.29) is 11.8 Å². The number of carbonyl (C=O) groups excluding carboxylic acids is 2. The number of benzene rings is 2. The minimum atomic E-state index is -0.409. The first kappa shape index (κ1) is 18.9. The Labute approximate surface area is 175 Å². The van der Waals surface area contributed by atoms with Gasteiger partial charge in [-0.1, -0.05) is 37.5 Å². The zero-order valence-electron chi connectivity index (χ0n) is 17.2. The molecule has 6 nitrogen and oxygen atoms in total. The number of anilines is 1. The summed E-state index contributed by atoms with van der Waals surface area (Å²) < 4.78 is 1.95. The van der Waals surface area contributed by atoms with Gasteiger partial charge in [0.25, 0.3) is 5.91 Å². The summed E-state index contributed by atoms with van der Waals surface area (Å²) in [5, 5.41) is 3.05. The summed E-state index contributed by atoms with van der Waals surface area (Å²) in [6, 6.07) is 13.6. The number of amides is 2. The molecule has 0 saturated heterocycles. The maximum absolute atomic E-state index is 13.2. The third-order valence-electron chi connectivity index (χ3n) is 6.68. The number of imidazole rings is 1. The Hall–Kier alpha value is -3.15. The molecule has 6 heteroatoms. The van der Waals surface area contributed by atoms with Crippen LogP contribution in [0, 0.1) is 0 Å². The predicted octanol–water partition coefficient (Wildman–Crippen LogP) is 4.26. The molecular weight excluding hydrogens is 376 g/mol. The summed E-state index contributed by atoms with van der Waals surface area (Å²) in [7, 11) is 1.95. The van der Waals surface area contributed by atoms with Crippen molar-refractivity contribution in [1.29, 1.82) is 0 Å². The second-order valence-electron chi connectivity index (χ2n) is 8.62. The number of aromatic nitrogens is 2. The molecule has 1 fully saturated rings. The van der Waals surface area contributed by atoms with Crippen molar-refractivity contribution in [3.63, 3.8) is 0 Å². The highest BCUT2D eigenvalue weighted by Gasteiger charge is 2.45. The first-order valence-electron chi connectivity index (χ1n) is 10.7. The second kappa shape index (κ2) is 7.27. The molecule has 1 N–H and O–H groups in total. The Bertz CT molecular complexity index is 1130. The molecule has 1 saturated carbocycles. The largest absolute Gasteiger partial charge is 0.334 e. The Balaban J connectivity index is 1.38. The number of fused-ring (bicyclic) bond motifs is 2. The molecule has 1 aromatic heterocycles. The van der Waals surface area contributed by atoms with Crippen molar-refractivity contribution in [3.8, 4) is 0 Å². The quantitative estimate of drug-likeness (QED) is 0.709. The Kier molecular flexibility index (Phi) is 4.57. The number of carbonyl (C=O) groups is 2. The van der Waals surface area contributed by atoms with Crippen molar-refractivity contribution in [3.05, 3.63) is 59.9 Å². The minimum absolute atomic E-state index is 0.0454. The van der Waals surface area contributed by atoms with Gasteiger partial charge in [0.05, 0.1) is 29.3 Å². The summed E-state index contributed by atoms with van der Waals surface area (Å²) in [5.41, 5.74) is 4.06. The maximum atomic E-state index is 13.2. The van der Waals surface area contributed by atoms with E-state index in [1.165, 1.54) is 0 Å². The molecule has 1 aliphatic heterocycles. The lowest BCUT2D eigenvalue weighted by atomic mass is 9.77. The van der Waals surface area contributed by atoms with Crippen LogP contribution in [0.3, 0.4) is 0 Å². The fraction of sp³-hybridized carbons (Fsp3) is 0.375. The van der Waals surface area contributed by atoms with Crippen LogP contribution in [0.5, 0.6) is 0 Å². The molecule has 2 aliphatic rings. The van der Waals surface area contributed by atoms with Gasteiger partial charge < -0.3 is 14.8 Å². The average molecular weight is 402 g/mol. The molecule has 0 spiro atoms. The van der Waals surface area contributed by atoms with E-state index in [1.54, 1.807) is 6.33 Å². The lowest BCUT2D eigenvalue weighted by molar-refractivity contribution is -0.119. The Morgan fingerprint density at radius 1 is 1.13 bits per heavy atom. The van der Waals surface area contributed by atoms with Crippen LogP contribution in [0.4, 0.5) is 5.69 Å². The minimum Gasteiger partial charge on any atom is -0.334 e. The van der Waals surface area contributed by atoms with Crippen molar-refractivity contribution < 1.29 is 9.59 Å². The van der Waals surface area contributed by atoms with Crippen molar-refractivity contribution >= 4 is 28.5 Å². The molecular formula is C24H26N4O2. The summed E-state index contributed by atoms with van der Waals surface area (Å²) in [5.74, 6) is 0.0196. The van der Waals surface area contributed by atoms with Crippen LogP contribution in [0.2, 0.25) is 0 Å². The van der Waals surface area contributed by atoms with Crippen LogP contribution in [-0.2, 0) is 18.4 Å². The molecule has 154 valence electrons. The second-order valence-corrected chi connectivity index (χ2v) is 8.62. The summed E-state index contributed by atoms with van der Waals surface area (Å²) in [6.07, 6.45) is 7.10. The summed E-state index contributed by atoms with van der Waals surface area (Å²) in [4.78, 5) is 32.6. The monoisotopic (exact) mass is 402 g/mol. The SMILES string of the molecule is Cn1cnc2cc(NC(=O)CC3(N4Cc5ccccc5C4=O)CCCCC3)ccc21. The highest BCUT2D eigenvalue weighted by atomic mass is 16.2. The number of nitrogens with zero attached hydrogens (tertiary/aromatic N) is 3. The fourth-order valence-corrected chi connectivity index (χ4v) is 5.11. The molecule has 1 aliphatic carbocycles. The Morgan fingerprint density at radius 2 is 1.93 bits per heavy atom. The van der Waals surface area contributed by atoms with Crippen molar-refractivity contribution in [2.75, 3.05) is 5.32 Å². The van der Waals surface area contributed by atoms with Gasteiger partial charge in [0.15, 0.2) is 0 Å². The molecule has 2 heterocycles. The highest BCUT2D eigenvalue weighted by molar-refractivity contribution is 6.00. The summed E-state index contributed by atoms with van der Waals surface area (Å²) >= 11 is 0. The van der Waals surface area contributed by atoms with Crippen LogP contribution in [0.15, 0.2) is 48.8 Å². The van der Waals surface area contributed by atoms with Gasteiger partial charge in [-0.05, 0) is 42.7 Å². The first-order valence-corrected chi connectivity index (χ1v) is 10.7. The molecule has 0 atom stereocenters. The predicted molar refractivity (Wildman–Crippen MR) is 116 cm³/mol. The van der Waals surface area contributed by atoms with Crippen molar-refractivity contribution in [2.24, 2.45) is 7.05 Å². The third kappa shape index (κ3) is 3.16. The van der Waals surface area contributed by atoms with Gasteiger partial charge in [-0.15, -0.1) is 0 Å². The van der Waals surface area contributed by atoms with E-state index in [2.05, 4.69) is 10.3 Å². The molecule has 2 aromatic carbocycles. The normalized spacial score (nSPS) is 17.9. The zero-order chi connectivity index (χ0) is 20.7. The van der Waals surface area contributed by atoms with E-state index < -0.39 is 5.54 Å². The van der Waals surface area contributed by atoms with E-state index in [4.69, 9.17) is 0 Å². The van der Waals surface area contributed by atoms with Crippen molar-refractivity contribution in [1.82, 2.24) is 14.5 Å². The molecule has 30 heavy (non-hydrogen) atoms. The number of hydrogen-bond donors (Lipinski definition) is 1. The number of nitrogens with one attached hydrogen (secondary N) is 1. The van der Waals surface area contributed by atoms with Gasteiger partial charge in [-0.25, -0.2) is 4.98 Å². The van der Waals surface area contributed by atoms with Gasteiger partial charge in [0, 0.05) is 24.8 Å². The fourth-order valence-electron chi connectivity index (χ4n) is 5.11. The van der Waals surface area contributed by atoms with Crippen LogP contribution in [0.25, 0.3) is 11.0 Å². The van der Waals surface area contributed by atoms with Crippen LogP contribution in [0.1, 0.15) is 54.4 Å². The highest BCUT2D eigenvalue weighted by Crippen LogP contribution is 2.41. The van der Waals surface area contributed by atoms with Gasteiger partial charge in [-0.3, -0.25) is 9.59 Å². The van der Waals surface area contributed by atoms with E-state index >= 15 is 0 Å². The van der Waals surface area contributed by atoms with Gasteiger partial charge in [0.2, 0.25) is 5.91 Å². The first-order chi connectivity index (χ1) is 14.6. The molecule has 2 amide bonds. The van der Waals surface area contributed by atoms with E-state index in [0.717, 1.165) is 60.0 Å². The maximum Gasteiger partial charge on any atom is 0.254 e. The van der Waals surface area contributed by atoms with Crippen LogP contribution in [-0.4, -0.2) is 31.8 Å².